The van der Waals surface area contributed by atoms with E-state index in [0.29, 0.717) is 0 Å². The summed E-state index contributed by atoms with van der Waals surface area (Å²) in [6.07, 6.45) is 14.1. The Morgan fingerprint density at radius 2 is 0.889 bits per heavy atom. The third-order valence-electron chi connectivity index (χ3n) is 3.59. The molecule has 0 atom stereocenters. The van der Waals surface area contributed by atoms with Gasteiger partial charge in [-0.3, -0.25) is 0 Å². The summed E-state index contributed by atoms with van der Waals surface area (Å²) in [6, 6.07) is 0. The molecule has 0 aliphatic rings. The van der Waals surface area contributed by atoms with Gasteiger partial charge in [-0.15, -0.1) is 0 Å². The van der Waals surface area contributed by atoms with E-state index in [1.807, 2.05) is 0 Å². The minimum absolute atomic E-state index is 0.451. The molecule has 0 rings (SSSR count). The summed E-state index contributed by atoms with van der Waals surface area (Å²) in [5, 5.41) is 0. The zero-order valence-corrected chi connectivity index (χ0v) is 15.4. The Bertz CT molecular complexity index is 160. The first-order chi connectivity index (χ1) is 8.68. The van der Waals surface area contributed by atoms with Gasteiger partial charge in [-0.1, -0.05) is 65.7 Å². The number of hydrogen-bond acceptors (Lipinski definition) is 0. The summed E-state index contributed by atoms with van der Waals surface area (Å²) in [4.78, 5) is 0. The van der Waals surface area contributed by atoms with Crippen molar-refractivity contribution in [3.63, 3.8) is 0 Å². The number of unbranched alkanes of at least 4 members (excludes halogenated alkanes) is 7. The van der Waals surface area contributed by atoms with Gasteiger partial charge in [-0.25, -0.2) is 0 Å². The molecule has 0 bridgehead atoms. The summed E-state index contributed by atoms with van der Waals surface area (Å²) < 4.78 is 0. The molecule has 0 aromatic heterocycles. The molecule has 0 radical (unpaired) electrons. The van der Waals surface area contributed by atoms with E-state index in [0.717, 1.165) is 0 Å². The Balaban J connectivity index is 3.95. The van der Waals surface area contributed by atoms with Crippen molar-refractivity contribution in [1.29, 1.82) is 0 Å². The number of halogens is 1. The molecule has 112 valence electrons. The second-order valence-corrected chi connectivity index (χ2v) is 12.8. The maximum atomic E-state index is 4.18. The van der Waals surface area contributed by atoms with E-state index in [-0.39, 0.29) is 0 Å². The lowest BCUT2D eigenvalue weighted by molar-refractivity contribution is 0.703. The van der Waals surface area contributed by atoms with Gasteiger partial charge >= 0.3 is 0 Å². The predicted molar refractivity (Wildman–Crippen MR) is 94.3 cm³/mol. The van der Waals surface area contributed by atoms with Crippen LogP contribution in [-0.2, 0) is 0 Å². The molecule has 0 saturated heterocycles. The van der Waals surface area contributed by atoms with Gasteiger partial charge < -0.3 is 0 Å². The largest absolute Gasteiger partial charge is 0.183 e. The van der Waals surface area contributed by atoms with Crippen LogP contribution in [0.3, 0.4) is 0 Å². The SMILES string of the molecule is CCCCCCS(Br)(CCCCC)CCCCC. The standard InChI is InChI=1S/C16H35BrS/c1-4-7-10-13-16-18(17,14-11-8-5-2)15-12-9-6-3/h4-16H2,1-3H3. The molecule has 0 heterocycles. The average molecular weight is 339 g/mol. The van der Waals surface area contributed by atoms with E-state index >= 15 is 0 Å². The van der Waals surface area contributed by atoms with E-state index in [1.165, 1.54) is 81.5 Å². The van der Waals surface area contributed by atoms with Crippen molar-refractivity contribution in [2.45, 2.75) is 85.0 Å². The zero-order valence-electron chi connectivity index (χ0n) is 13.0. The third kappa shape index (κ3) is 10.7. The molecule has 18 heavy (non-hydrogen) atoms. The lowest BCUT2D eigenvalue weighted by Gasteiger charge is -2.34. The molecular weight excluding hydrogens is 304 g/mol. The van der Waals surface area contributed by atoms with Gasteiger partial charge in [0.15, 0.2) is 0 Å². The molecule has 0 amide bonds. The summed E-state index contributed by atoms with van der Waals surface area (Å²) in [5.41, 5.74) is 0. The van der Waals surface area contributed by atoms with Gasteiger partial charge in [-0.05, 0) is 51.3 Å². The predicted octanol–water partition coefficient (Wildman–Crippen LogP) is 7.06. The smallest absolute Gasteiger partial charge is 0.0136 e. The highest BCUT2D eigenvalue weighted by Gasteiger charge is 2.19. The van der Waals surface area contributed by atoms with Gasteiger partial charge in [0.05, 0.1) is 0 Å². The van der Waals surface area contributed by atoms with Gasteiger partial charge in [0.25, 0.3) is 0 Å². The Hall–Kier alpha value is 0.830. The van der Waals surface area contributed by atoms with E-state index in [9.17, 15) is 0 Å². The van der Waals surface area contributed by atoms with Crippen LogP contribution in [0.5, 0.6) is 0 Å². The van der Waals surface area contributed by atoms with Crippen LogP contribution in [-0.4, -0.2) is 17.3 Å². The zero-order chi connectivity index (χ0) is 13.7. The van der Waals surface area contributed by atoms with Crippen molar-refractivity contribution < 1.29 is 0 Å². The summed E-state index contributed by atoms with van der Waals surface area (Å²) in [7, 11) is -0.451. The second-order valence-electron chi connectivity index (χ2n) is 5.53. The normalized spacial score (nSPS) is 12.9. The van der Waals surface area contributed by atoms with Crippen molar-refractivity contribution in [2.24, 2.45) is 0 Å². The van der Waals surface area contributed by atoms with Crippen molar-refractivity contribution in [2.75, 3.05) is 17.3 Å². The minimum Gasteiger partial charge on any atom is -0.183 e. The summed E-state index contributed by atoms with van der Waals surface area (Å²) in [5.74, 6) is 4.41. The molecule has 0 saturated carbocycles. The van der Waals surface area contributed by atoms with Crippen LogP contribution < -0.4 is 0 Å². The Labute approximate surface area is 125 Å². The van der Waals surface area contributed by atoms with Gasteiger partial charge in [0.1, 0.15) is 0 Å². The van der Waals surface area contributed by atoms with Crippen molar-refractivity contribution in [3.8, 4) is 0 Å². The lowest BCUT2D eigenvalue weighted by atomic mass is 10.2. The fraction of sp³-hybridized carbons (Fsp3) is 1.00. The van der Waals surface area contributed by atoms with Crippen molar-refractivity contribution in [3.05, 3.63) is 0 Å². The summed E-state index contributed by atoms with van der Waals surface area (Å²) >= 11 is 4.18. The molecule has 2 heteroatoms. The quantitative estimate of drug-likeness (QED) is 0.315. The highest BCUT2D eigenvalue weighted by atomic mass is 79.9. The van der Waals surface area contributed by atoms with Crippen LogP contribution in [0.25, 0.3) is 0 Å². The molecule has 0 unspecified atom stereocenters. The topological polar surface area (TPSA) is 0 Å². The first-order valence-corrected chi connectivity index (χ1v) is 12.1. The molecule has 0 aromatic carbocycles. The van der Waals surface area contributed by atoms with Gasteiger partial charge in [0.2, 0.25) is 0 Å². The molecule has 0 nitrogen and oxygen atoms in total. The van der Waals surface area contributed by atoms with Crippen molar-refractivity contribution >= 4 is 23.3 Å². The van der Waals surface area contributed by atoms with Crippen LogP contribution in [0.15, 0.2) is 0 Å². The maximum Gasteiger partial charge on any atom is -0.0136 e. The molecule has 0 aromatic rings. The van der Waals surface area contributed by atoms with Crippen molar-refractivity contribution in [1.82, 2.24) is 0 Å². The van der Waals surface area contributed by atoms with E-state index in [2.05, 4.69) is 35.6 Å². The number of hydrogen-bond donors (Lipinski definition) is 0. The maximum absolute atomic E-state index is 4.18. The Kier molecular flexibility index (Phi) is 13.4. The molecule has 0 fully saturated rings. The van der Waals surface area contributed by atoms with Crippen LogP contribution in [0.2, 0.25) is 0 Å². The molecule has 0 aliphatic carbocycles. The number of rotatable bonds is 13. The molecule has 0 N–H and O–H groups in total. The van der Waals surface area contributed by atoms with Gasteiger partial charge in [0, 0.05) is 0 Å². The fourth-order valence-electron chi connectivity index (χ4n) is 2.32. The lowest BCUT2D eigenvalue weighted by Crippen LogP contribution is -2.08. The van der Waals surface area contributed by atoms with Crippen LogP contribution in [0, 0.1) is 0 Å². The highest BCUT2D eigenvalue weighted by molar-refractivity contribution is 9.58. The fourth-order valence-corrected chi connectivity index (χ4v) is 7.15. The van der Waals surface area contributed by atoms with Crippen LogP contribution >= 0.6 is 23.3 Å². The Morgan fingerprint density at radius 1 is 0.556 bits per heavy atom. The molecular formula is C16H35BrS. The third-order valence-corrected chi connectivity index (χ3v) is 9.57. The Morgan fingerprint density at radius 3 is 1.28 bits per heavy atom. The average Bonchev–Trinajstić information content (AvgIpc) is 2.36. The first-order valence-electron chi connectivity index (χ1n) is 8.14. The molecule has 0 spiro atoms. The van der Waals surface area contributed by atoms with E-state index < -0.39 is 8.46 Å². The van der Waals surface area contributed by atoms with Crippen LogP contribution in [0.1, 0.15) is 85.0 Å². The van der Waals surface area contributed by atoms with E-state index in [4.69, 9.17) is 0 Å². The van der Waals surface area contributed by atoms with Gasteiger partial charge in [-0.2, -0.15) is 8.46 Å². The van der Waals surface area contributed by atoms with Crippen LogP contribution in [0.4, 0.5) is 0 Å². The minimum atomic E-state index is -0.451. The molecule has 0 aliphatic heterocycles. The monoisotopic (exact) mass is 338 g/mol. The summed E-state index contributed by atoms with van der Waals surface area (Å²) in [6.45, 7) is 6.92. The highest BCUT2D eigenvalue weighted by Crippen LogP contribution is 2.57. The second kappa shape index (κ2) is 12.8. The first kappa shape index (κ1) is 18.8. The van der Waals surface area contributed by atoms with E-state index in [1.54, 1.807) is 0 Å².